The first-order chi connectivity index (χ1) is 6.27. The highest BCUT2D eigenvalue weighted by atomic mass is 16.6. The van der Waals surface area contributed by atoms with Gasteiger partial charge in [-0.25, -0.2) is 4.79 Å². The van der Waals surface area contributed by atoms with E-state index in [1.807, 2.05) is 30.3 Å². The molecular weight excluding hydrogens is 168 g/mol. The maximum absolute atomic E-state index is 10.8. The molecule has 0 bridgehead atoms. The van der Waals surface area contributed by atoms with E-state index in [0.29, 0.717) is 5.57 Å². The lowest BCUT2D eigenvalue weighted by Crippen LogP contribution is -2.09. The van der Waals surface area contributed by atoms with E-state index >= 15 is 0 Å². The summed E-state index contributed by atoms with van der Waals surface area (Å²) in [6.45, 7) is 0. The fraction of sp³-hybridized carbons (Fsp3) is 0.100. The molecule has 13 heavy (non-hydrogen) atoms. The average Bonchev–Trinajstić information content (AvgIpc) is 2.47. The molecule has 0 aromatic heterocycles. The standard InChI is InChI=1S/C10H8O3/c11-9-6-8(10(12)13-9)7-4-2-1-3-5-7/h1-6,10,12H. The highest BCUT2D eigenvalue weighted by molar-refractivity contribution is 5.96. The summed E-state index contributed by atoms with van der Waals surface area (Å²) in [7, 11) is 0. The van der Waals surface area contributed by atoms with Gasteiger partial charge in [-0.2, -0.15) is 0 Å². The van der Waals surface area contributed by atoms with Crippen LogP contribution in [0.25, 0.3) is 5.57 Å². The Morgan fingerprint density at radius 1 is 1.23 bits per heavy atom. The molecule has 3 heteroatoms. The van der Waals surface area contributed by atoms with Crippen molar-refractivity contribution in [3.63, 3.8) is 0 Å². The monoisotopic (exact) mass is 176 g/mol. The second-order valence-corrected chi connectivity index (χ2v) is 2.75. The van der Waals surface area contributed by atoms with Crippen LogP contribution >= 0.6 is 0 Å². The summed E-state index contributed by atoms with van der Waals surface area (Å²) in [6.07, 6.45) is 0.190. The lowest BCUT2D eigenvalue weighted by molar-refractivity contribution is -0.149. The van der Waals surface area contributed by atoms with E-state index in [0.717, 1.165) is 5.56 Å². The van der Waals surface area contributed by atoms with Gasteiger partial charge in [0.1, 0.15) is 0 Å². The summed E-state index contributed by atoms with van der Waals surface area (Å²) in [5.41, 5.74) is 1.33. The van der Waals surface area contributed by atoms with Gasteiger partial charge in [0.15, 0.2) is 0 Å². The van der Waals surface area contributed by atoms with Crippen LogP contribution in [0.2, 0.25) is 0 Å². The summed E-state index contributed by atoms with van der Waals surface area (Å²) in [6, 6.07) is 9.18. The van der Waals surface area contributed by atoms with E-state index in [4.69, 9.17) is 0 Å². The van der Waals surface area contributed by atoms with Gasteiger partial charge in [0, 0.05) is 11.6 Å². The second-order valence-electron chi connectivity index (χ2n) is 2.75. The zero-order valence-electron chi connectivity index (χ0n) is 6.81. The first-order valence-corrected chi connectivity index (χ1v) is 3.93. The first kappa shape index (κ1) is 8.01. The summed E-state index contributed by atoms with van der Waals surface area (Å²) < 4.78 is 4.55. The van der Waals surface area contributed by atoms with Gasteiger partial charge in [0.05, 0.1) is 0 Å². The van der Waals surface area contributed by atoms with Gasteiger partial charge < -0.3 is 9.84 Å². The molecule has 0 fully saturated rings. The lowest BCUT2D eigenvalue weighted by atomic mass is 10.1. The highest BCUT2D eigenvalue weighted by Crippen LogP contribution is 2.23. The molecule has 1 aliphatic rings. The predicted octanol–water partition coefficient (Wildman–Crippen LogP) is 0.945. The Morgan fingerprint density at radius 2 is 1.92 bits per heavy atom. The Hall–Kier alpha value is -1.61. The van der Waals surface area contributed by atoms with Crippen molar-refractivity contribution in [3.8, 4) is 0 Å². The Labute approximate surface area is 75.3 Å². The molecular formula is C10H8O3. The Kier molecular flexibility index (Phi) is 1.87. The van der Waals surface area contributed by atoms with Crippen LogP contribution in [0, 0.1) is 0 Å². The molecule has 1 aliphatic heterocycles. The van der Waals surface area contributed by atoms with Crippen molar-refractivity contribution < 1.29 is 14.6 Å². The van der Waals surface area contributed by atoms with Crippen molar-refractivity contribution in [1.29, 1.82) is 0 Å². The van der Waals surface area contributed by atoms with Crippen LogP contribution < -0.4 is 0 Å². The van der Waals surface area contributed by atoms with E-state index < -0.39 is 12.3 Å². The minimum Gasteiger partial charge on any atom is -0.428 e. The largest absolute Gasteiger partial charge is 0.428 e. The van der Waals surface area contributed by atoms with Crippen molar-refractivity contribution in [1.82, 2.24) is 0 Å². The molecule has 0 saturated heterocycles. The number of aliphatic hydroxyl groups excluding tert-OH is 1. The zero-order valence-corrected chi connectivity index (χ0v) is 6.81. The molecule has 0 aliphatic carbocycles. The van der Waals surface area contributed by atoms with Crippen molar-refractivity contribution in [3.05, 3.63) is 42.0 Å². The van der Waals surface area contributed by atoms with Gasteiger partial charge in [-0.1, -0.05) is 30.3 Å². The minimum absolute atomic E-state index is 0.494. The van der Waals surface area contributed by atoms with Gasteiger partial charge in [-0.15, -0.1) is 0 Å². The summed E-state index contributed by atoms with van der Waals surface area (Å²) in [5.74, 6) is -0.494. The molecule has 1 heterocycles. The number of carbonyl (C=O) groups is 1. The number of ether oxygens (including phenoxy) is 1. The van der Waals surface area contributed by atoms with Crippen LogP contribution in [0.1, 0.15) is 5.56 Å². The maximum Gasteiger partial charge on any atom is 0.333 e. The molecule has 2 rings (SSSR count). The van der Waals surface area contributed by atoms with Gasteiger partial charge >= 0.3 is 5.97 Å². The van der Waals surface area contributed by atoms with Gasteiger partial charge in [-0.05, 0) is 5.56 Å². The first-order valence-electron chi connectivity index (χ1n) is 3.93. The van der Waals surface area contributed by atoms with Gasteiger partial charge in [0.2, 0.25) is 6.29 Å². The third-order valence-electron chi connectivity index (χ3n) is 1.87. The number of cyclic esters (lactones) is 1. The molecule has 1 N–H and O–H groups in total. The van der Waals surface area contributed by atoms with E-state index in [1.54, 1.807) is 0 Å². The topological polar surface area (TPSA) is 46.5 Å². The van der Waals surface area contributed by atoms with Crippen molar-refractivity contribution >= 4 is 11.5 Å². The number of aliphatic hydroxyl groups is 1. The third kappa shape index (κ3) is 1.46. The van der Waals surface area contributed by atoms with Crippen molar-refractivity contribution in [2.24, 2.45) is 0 Å². The van der Waals surface area contributed by atoms with Crippen molar-refractivity contribution in [2.45, 2.75) is 6.29 Å². The van der Waals surface area contributed by atoms with Crippen LogP contribution in [0.4, 0.5) is 0 Å². The van der Waals surface area contributed by atoms with E-state index in [9.17, 15) is 9.90 Å². The maximum atomic E-state index is 10.8. The Bertz CT molecular complexity index is 354. The number of rotatable bonds is 1. The van der Waals surface area contributed by atoms with E-state index in [-0.39, 0.29) is 0 Å². The number of hydrogen-bond acceptors (Lipinski definition) is 3. The second kappa shape index (κ2) is 3.03. The van der Waals surface area contributed by atoms with Crippen LogP contribution in [0.3, 0.4) is 0 Å². The zero-order chi connectivity index (χ0) is 9.26. The average molecular weight is 176 g/mol. The number of esters is 1. The minimum atomic E-state index is -1.12. The third-order valence-corrected chi connectivity index (χ3v) is 1.87. The molecule has 1 unspecified atom stereocenters. The molecule has 0 saturated carbocycles. The number of hydrogen-bond donors (Lipinski definition) is 1. The number of carbonyl (C=O) groups excluding carboxylic acids is 1. The van der Waals surface area contributed by atoms with Gasteiger partial charge in [0.25, 0.3) is 0 Å². The fourth-order valence-corrected chi connectivity index (χ4v) is 1.26. The molecule has 1 atom stereocenters. The van der Waals surface area contributed by atoms with Gasteiger partial charge in [-0.3, -0.25) is 0 Å². The quantitative estimate of drug-likeness (QED) is 0.648. The lowest BCUT2D eigenvalue weighted by Gasteiger charge is -2.06. The van der Waals surface area contributed by atoms with Crippen LogP contribution in [-0.4, -0.2) is 17.4 Å². The molecule has 66 valence electrons. The van der Waals surface area contributed by atoms with Crippen LogP contribution in [-0.2, 0) is 9.53 Å². The van der Waals surface area contributed by atoms with E-state index in [2.05, 4.69) is 4.74 Å². The SMILES string of the molecule is O=C1C=C(c2ccccc2)C(O)O1. The molecule has 0 radical (unpaired) electrons. The molecule has 0 amide bonds. The molecule has 0 spiro atoms. The Morgan fingerprint density at radius 3 is 2.46 bits per heavy atom. The van der Waals surface area contributed by atoms with Crippen LogP contribution in [0.15, 0.2) is 36.4 Å². The highest BCUT2D eigenvalue weighted by Gasteiger charge is 2.24. The normalized spacial score (nSPS) is 21.2. The smallest absolute Gasteiger partial charge is 0.333 e. The van der Waals surface area contributed by atoms with E-state index in [1.165, 1.54) is 6.08 Å². The molecule has 1 aromatic carbocycles. The number of benzene rings is 1. The molecule has 1 aromatic rings. The molecule has 3 nitrogen and oxygen atoms in total. The Balaban J connectivity index is 2.37. The fourth-order valence-electron chi connectivity index (χ4n) is 1.26. The predicted molar refractivity (Wildman–Crippen MR) is 46.5 cm³/mol. The summed E-state index contributed by atoms with van der Waals surface area (Å²) >= 11 is 0. The van der Waals surface area contributed by atoms with Crippen LogP contribution in [0.5, 0.6) is 0 Å². The van der Waals surface area contributed by atoms with Crippen molar-refractivity contribution in [2.75, 3.05) is 0 Å². The summed E-state index contributed by atoms with van der Waals surface area (Å²) in [4.78, 5) is 10.8. The summed E-state index contributed by atoms with van der Waals surface area (Å²) in [5, 5.41) is 9.30.